The first-order chi connectivity index (χ1) is 20.7. The number of carbonyl (C=O) groups excluding carboxylic acids is 3. The Balaban J connectivity index is 0.000000214. The third-order valence-corrected chi connectivity index (χ3v) is 6.67. The summed E-state index contributed by atoms with van der Waals surface area (Å²) >= 11 is 0. The molecule has 0 radical (unpaired) electrons. The summed E-state index contributed by atoms with van der Waals surface area (Å²) in [6.45, 7) is 5.39. The maximum Gasteiger partial charge on any atom is 0.306 e. The second-order valence-electron chi connectivity index (χ2n) is 10.4. The highest BCUT2D eigenvalue weighted by atomic mass is 19.2. The van der Waals surface area contributed by atoms with Crippen molar-refractivity contribution in [3.8, 4) is 0 Å². The van der Waals surface area contributed by atoms with E-state index in [1.807, 2.05) is 13.8 Å². The summed E-state index contributed by atoms with van der Waals surface area (Å²) in [5, 5.41) is 8.96. The monoisotopic (exact) mass is 624 g/mol. The van der Waals surface area contributed by atoms with Crippen LogP contribution in [-0.2, 0) is 9.53 Å². The molecule has 2 aliphatic rings. The van der Waals surface area contributed by atoms with Gasteiger partial charge in [0.25, 0.3) is 0 Å². The van der Waals surface area contributed by atoms with Crippen LogP contribution in [0, 0.1) is 34.9 Å². The van der Waals surface area contributed by atoms with Crippen LogP contribution in [-0.4, -0.2) is 34.9 Å². The number of hydrogen-bond donors (Lipinski definition) is 1. The Morgan fingerprint density at radius 1 is 0.818 bits per heavy atom. The van der Waals surface area contributed by atoms with E-state index in [0.717, 1.165) is 49.2 Å². The van der Waals surface area contributed by atoms with Gasteiger partial charge in [0.15, 0.2) is 46.5 Å². The summed E-state index contributed by atoms with van der Waals surface area (Å²) in [5.41, 5.74) is 1.12. The SMILES string of the molecule is CC(O)CCC(=O)c1ccc(F)c(F)c1.CC1CCC(=O)O1.CC1CCC(=O)c2cc(F)c(F)cc21.Fc1ccccc1F. The predicted molar refractivity (Wildman–Crippen MR) is 151 cm³/mol. The molecule has 0 spiro atoms. The summed E-state index contributed by atoms with van der Waals surface area (Å²) in [4.78, 5) is 33.0. The van der Waals surface area contributed by atoms with Crippen LogP contribution in [0.1, 0.15) is 91.5 Å². The van der Waals surface area contributed by atoms with Gasteiger partial charge in [-0.2, -0.15) is 0 Å². The van der Waals surface area contributed by atoms with Gasteiger partial charge in [0.2, 0.25) is 0 Å². The number of aliphatic hydroxyl groups excluding tert-OH is 1. The second kappa shape index (κ2) is 17.3. The molecule has 11 heteroatoms. The molecular formula is C33H34F6O5. The van der Waals surface area contributed by atoms with Crippen molar-refractivity contribution in [2.75, 3.05) is 0 Å². The first kappa shape index (κ1) is 36.2. The average Bonchev–Trinajstić information content (AvgIpc) is 3.36. The van der Waals surface area contributed by atoms with Crippen LogP contribution in [0.25, 0.3) is 0 Å². The van der Waals surface area contributed by atoms with E-state index in [-0.39, 0.29) is 41.5 Å². The van der Waals surface area contributed by atoms with E-state index in [0.29, 0.717) is 30.4 Å². The molecule has 0 saturated carbocycles. The molecule has 3 aromatic rings. The Bertz CT molecular complexity index is 1420. The van der Waals surface area contributed by atoms with Crippen molar-refractivity contribution in [2.45, 2.75) is 77.4 Å². The zero-order chi connectivity index (χ0) is 33.0. The molecule has 1 saturated heterocycles. The standard InChI is InChI=1S/C11H12F2O2.C11H10F2O.C6H4F2.C5H8O2/c1-7(14)2-5-11(15)8-3-4-9(12)10(13)6-8;1-6-2-3-11(14)8-5-10(13)9(12)4-7(6)8;7-5-3-1-2-4-6(5)8;1-4-2-3-5(6)7-4/h3-4,6-7,14H,2,5H2,1H3;4-6H,2-3H2,1H3;1-4H;4H,2-3H2,1H3. The molecule has 5 nitrogen and oxygen atoms in total. The minimum atomic E-state index is -1.03. The number of esters is 1. The fourth-order valence-corrected chi connectivity index (χ4v) is 4.11. The normalized spacial score (nSPS) is 17.4. The number of cyclic esters (lactones) is 1. The van der Waals surface area contributed by atoms with Crippen LogP contribution in [0.4, 0.5) is 26.3 Å². The topological polar surface area (TPSA) is 80.7 Å². The van der Waals surface area contributed by atoms with E-state index in [1.165, 1.54) is 18.2 Å². The summed E-state index contributed by atoms with van der Waals surface area (Å²) in [5.74, 6) is -5.70. The molecule has 44 heavy (non-hydrogen) atoms. The van der Waals surface area contributed by atoms with Crippen LogP contribution < -0.4 is 0 Å². The second-order valence-corrected chi connectivity index (χ2v) is 10.4. The predicted octanol–water partition coefficient (Wildman–Crippen LogP) is 8.03. The van der Waals surface area contributed by atoms with Gasteiger partial charge >= 0.3 is 5.97 Å². The van der Waals surface area contributed by atoms with Crippen LogP contribution >= 0.6 is 0 Å². The molecule has 1 N–H and O–H groups in total. The molecule has 3 atom stereocenters. The number of Topliss-reactive ketones (excluding diaryl/α,β-unsaturated/α-hetero) is 2. The average molecular weight is 625 g/mol. The first-order valence-corrected chi connectivity index (χ1v) is 14.0. The van der Waals surface area contributed by atoms with E-state index in [9.17, 15) is 40.7 Å². The summed E-state index contributed by atoms with van der Waals surface area (Å²) in [6, 6.07) is 10.2. The van der Waals surface area contributed by atoms with Crippen molar-refractivity contribution >= 4 is 17.5 Å². The molecule has 1 aliphatic heterocycles. The third kappa shape index (κ3) is 11.6. The van der Waals surface area contributed by atoms with E-state index in [2.05, 4.69) is 0 Å². The van der Waals surface area contributed by atoms with Gasteiger partial charge in [-0.3, -0.25) is 14.4 Å². The summed E-state index contributed by atoms with van der Waals surface area (Å²) < 4.78 is 79.7. The smallest absolute Gasteiger partial charge is 0.306 e. The third-order valence-electron chi connectivity index (χ3n) is 6.67. The number of aliphatic hydroxyl groups is 1. The van der Waals surface area contributed by atoms with Gasteiger partial charge in [-0.25, -0.2) is 26.3 Å². The Morgan fingerprint density at radius 3 is 1.86 bits per heavy atom. The molecular weight excluding hydrogens is 590 g/mol. The number of rotatable bonds is 4. The quantitative estimate of drug-likeness (QED) is 0.181. The molecule has 0 aromatic heterocycles. The number of ketones is 2. The maximum absolute atomic E-state index is 12.9. The lowest BCUT2D eigenvalue weighted by Gasteiger charge is -2.21. The highest BCUT2D eigenvalue weighted by Gasteiger charge is 2.24. The van der Waals surface area contributed by atoms with Gasteiger partial charge in [-0.05, 0) is 87.1 Å². The number of carbonyl (C=O) groups is 3. The number of ether oxygens (including phenoxy) is 1. The molecule has 0 bridgehead atoms. The maximum atomic E-state index is 12.9. The summed E-state index contributed by atoms with van der Waals surface area (Å²) in [6.07, 6.45) is 2.71. The van der Waals surface area contributed by atoms with Crippen molar-refractivity contribution in [3.63, 3.8) is 0 Å². The number of halogens is 6. The molecule has 1 aliphatic carbocycles. The lowest BCUT2D eigenvalue weighted by molar-refractivity contribution is -0.140. The molecule has 1 fully saturated rings. The van der Waals surface area contributed by atoms with Crippen LogP contribution in [0.5, 0.6) is 0 Å². The lowest BCUT2D eigenvalue weighted by Crippen LogP contribution is -2.14. The van der Waals surface area contributed by atoms with Crippen molar-refractivity contribution in [2.24, 2.45) is 0 Å². The van der Waals surface area contributed by atoms with E-state index in [4.69, 9.17) is 9.84 Å². The fraction of sp³-hybridized carbons (Fsp3) is 0.364. The fourth-order valence-electron chi connectivity index (χ4n) is 4.11. The highest BCUT2D eigenvalue weighted by Crippen LogP contribution is 2.32. The van der Waals surface area contributed by atoms with Crippen molar-refractivity contribution in [1.29, 1.82) is 0 Å². The van der Waals surface area contributed by atoms with Crippen LogP contribution in [0.15, 0.2) is 54.6 Å². The first-order valence-electron chi connectivity index (χ1n) is 14.0. The van der Waals surface area contributed by atoms with E-state index >= 15 is 0 Å². The molecule has 5 rings (SSSR count). The number of hydrogen-bond acceptors (Lipinski definition) is 5. The lowest BCUT2D eigenvalue weighted by atomic mass is 9.83. The van der Waals surface area contributed by atoms with Crippen molar-refractivity contribution in [1.82, 2.24) is 0 Å². The molecule has 1 heterocycles. The van der Waals surface area contributed by atoms with Gasteiger partial charge in [-0.1, -0.05) is 19.1 Å². The zero-order valence-electron chi connectivity index (χ0n) is 24.5. The largest absolute Gasteiger partial charge is 0.463 e. The van der Waals surface area contributed by atoms with Gasteiger partial charge in [0.1, 0.15) is 0 Å². The van der Waals surface area contributed by atoms with Gasteiger partial charge in [0, 0.05) is 30.4 Å². The van der Waals surface area contributed by atoms with Crippen LogP contribution in [0.2, 0.25) is 0 Å². The van der Waals surface area contributed by atoms with E-state index in [1.54, 1.807) is 6.92 Å². The minimum absolute atomic E-state index is 0.0486. The van der Waals surface area contributed by atoms with Gasteiger partial charge in [0.05, 0.1) is 12.2 Å². The van der Waals surface area contributed by atoms with Gasteiger partial charge in [-0.15, -0.1) is 0 Å². The number of fused-ring (bicyclic) bond motifs is 1. The Morgan fingerprint density at radius 2 is 1.39 bits per heavy atom. The minimum Gasteiger partial charge on any atom is -0.463 e. The van der Waals surface area contributed by atoms with Crippen LogP contribution in [0.3, 0.4) is 0 Å². The van der Waals surface area contributed by atoms with Crippen molar-refractivity contribution in [3.05, 3.63) is 106 Å². The Kier molecular flexibility index (Phi) is 14.3. The molecule has 0 amide bonds. The van der Waals surface area contributed by atoms with E-state index < -0.39 is 41.0 Å². The molecule has 3 aromatic carbocycles. The Labute approximate surface area is 251 Å². The number of benzene rings is 3. The van der Waals surface area contributed by atoms with Crippen molar-refractivity contribution < 1.29 is 50.6 Å². The molecule has 238 valence electrons. The molecule has 3 unspecified atom stereocenters. The highest BCUT2D eigenvalue weighted by molar-refractivity contribution is 5.98. The van der Waals surface area contributed by atoms with Gasteiger partial charge < -0.3 is 9.84 Å². The summed E-state index contributed by atoms with van der Waals surface area (Å²) in [7, 11) is 0. The Hall–Kier alpha value is -3.99. The zero-order valence-corrected chi connectivity index (χ0v) is 24.5.